The molecule has 0 amide bonds. The number of nitrogens with one attached hydrogen (secondary N) is 3. The van der Waals surface area contributed by atoms with Gasteiger partial charge in [-0.25, -0.2) is 15.4 Å². The molecule has 2 unspecified atom stereocenters. The molecule has 0 aliphatic carbocycles. The Labute approximate surface area is 185 Å². The van der Waals surface area contributed by atoms with Gasteiger partial charge in [0.1, 0.15) is 11.5 Å². The highest BCUT2D eigenvalue weighted by Crippen LogP contribution is 2.28. The van der Waals surface area contributed by atoms with E-state index in [1.54, 1.807) is 6.92 Å². The molecule has 5 nitrogen and oxygen atoms in total. The number of aryl methyl sites for hydroxylation is 1. The molecule has 3 aromatic rings. The monoisotopic (exact) mass is 441 g/mol. The first-order valence-corrected chi connectivity index (χ1v) is 10.7. The van der Waals surface area contributed by atoms with Gasteiger partial charge in [-0.15, -0.1) is 0 Å². The lowest BCUT2D eigenvalue weighted by molar-refractivity contribution is -0.141. The van der Waals surface area contributed by atoms with Crippen LogP contribution in [-0.2, 0) is 12.6 Å². The van der Waals surface area contributed by atoms with Gasteiger partial charge in [-0.2, -0.15) is 13.2 Å². The number of alkyl halides is 3. The average molecular weight is 442 g/mol. The Hall–Kier alpha value is -2.81. The van der Waals surface area contributed by atoms with Crippen LogP contribution < -0.4 is 16.2 Å². The molecule has 1 aliphatic rings. The summed E-state index contributed by atoms with van der Waals surface area (Å²) in [6.45, 7) is 3.59. The van der Waals surface area contributed by atoms with Crippen LogP contribution in [0.25, 0.3) is 11.1 Å². The van der Waals surface area contributed by atoms with Gasteiger partial charge in [-0.1, -0.05) is 54.6 Å². The second-order valence-electron chi connectivity index (χ2n) is 8.01. The maximum atomic E-state index is 12.9. The first-order valence-electron chi connectivity index (χ1n) is 10.7. The molecule has 2 atom stereocenters. The number of hydrogen-bond donors (Lipinski definition) is 3. The Morgan fingerprint density at radius 3 is 2.44 bits per heavy atom. The van der Waals surface area contributed by atoms with Crippen LogP contribution in [0.4, 0.5) is 13.2 Å². The molecule has 8 heteroatoms. The van der Waals surface area contributed by atoms with Crippen LogP contribution >= 0.6 is 0 Å². The summed E-state index contributed by atoms with van der Waals surface area (Å²) in [5.41, 5.74) is 9.54. The first kappa shape index (κ1) is 22.4. The van der Waals surface area contributed by atoms with E-state index in [1.807, 2.05) is 18.2 Å². The largest absolute Gasteiger partial charge is 0.433 e. The van der Waals surface area contributed by atoms with E-state index in [0.717, 1.165) is 19.2 Å². The number of aromatic nitrogens is 2. The standard InChI is InChI=1S/C24H26F3N5/c1-16-13-21(24(25,26)27)31-22(30-16)11-12-28-14-20-15-29-32-23(20)19-9-7-18(8-10-19)17-5-3-2-4-6-17/h2-10,13,20,23,28-29,32H,11-12,14-15H2,1H3. The molecule has 1 fully saturated rings. The number of nitrogens with zero attached hydrogens (tertiary/aromatic N) is 2. The molecule has 0 spiro atoms. The highest BCUT2D eigenvalue weighted by atomic mass is 19.4. The molecular formula is C24H26F3N5. The molecule has 2 heterocycles. The van der Waals surface area contributed by atoms with Crippen molar-refractivity contribution in [2.45, 2.75) is 25.6 Å². The van der Waals surface area contributed by atoms with Crippen LogP contribution in [0.3, 0.4) is 0 Å². The van der Waals surface area contributed by atoms with E-state index < -0.39 is 11.9 Å². The van der Waals surface area contributed by atoms with Crippen molar-refractivity contribution >= 4 is 0 Å². The lowest BCUT2D eigenvalue weighted by Gasteiger charge is -2.20. The van der Waals surface area contributed by atoms with E-state index in [0.29, 0.717) is 24.6 Å². The lowest BCUT2D eigenvalue weighted by atomic mass is 9.93. The first-order chi connectivity index (χ1) is 15.4. The van der Waals surface area contributed by atoms with E-state index in [2.05, 4.69) is 62.5 Å². The predicted molar refractivity (Wildman–Crippen MR) is 118 cm³/mol. The van der Waals surface area contributed by atoms with Crippen molar-refractivity contribution in [2.75, 3.05) is 19.6 Å². The summed E-state index contributed by atoms with van der Waals surface area (Å²) in [5.74, 6) is 0.516. The molecule has 3 N–H and O–H groups in total. The molecule has 1 saturated heterocycles. The van der Waals surface area contributed by atoms with Gasteiger partial charge < -0.3 is 5.32 Å². The Morgan fingerprint density at radius 1 is 1.00 bits per heavy atom. The third-order valence-corrected chi connectivity index (χ3v) is 5.59. The zero-order valence-corrected chi connectivity index (χ0v) is 17.8. The Morgan fingerprint density at radius 2 is 1.72 bits per heavy atom. The van der Waals surface area contributed by atoms with Crippen molar-refractivity contribution in [3.8, 4) is 11.1 Å². The molecule has 0 bridgehead atoms. The molecule has 0 saturated carbocycles. The molecule has 168 valence electrons. The van der Waals surface area contributed by atoms with Crippen molar-refractivity contribution in [1.82, 2.24) is 26.1 Å². The van der Waals surface area contributed by atoms with Gasteiger partial charge in [-0.3, -0.25) is 5.43 Å². The van der Waals surface area contributed by atoms with Crippen molar-refractivity contribution in [3.05, 3.63) is 83.4 Å². The summed E-state index contributed by atoms with van der Waals surface area (Å²) in [6, 6.07) is 19.9. The van der Waals surface area contributed by atoms with Gasteiger partial charge in [0.15, 0.2) is 0 Å². The lowest BCUT2D eigenvalue weighted by Crippen LogP contribution is -2.30. The van der Waals surface area contributed by atoms with Crippen LogP contribution in [0.1, 0.15) is 28.8 Å². The second kappa shape index (κ2) is 9.77. The summed E-state index contributed by atoms with van der Waals surface area (Å²) in [7, 11) is 0. The Kier molecular flexibility index (Phi) is 6.83. The SMILES string of the molecule is Cc1cc(C(F)(F)F)nc(CCNCC2CNNC2c2ccc(-c3ccccc3)cc2)n1. The van der Waals surface area contributed by atoms with Crippen molar-refractivity contribution in [1.29, 1.82) is 0 Å². The van der Waals surface area contributed by atoms with E-state index in [4.69, 9.17) is 0 Å². The van der Waals surface area contributed by atoms with E-state index in [9.17, 15) is 13.2 Å². The average Bonchev–Trinajstić information content (AvgIpc) is 3.25. The number of benzene rings is 2. The molecule has 0 radical (unpaired) electrons. The van der Waals surface area contributed by atoms with Crippen molar-refractivity contribution in [2.24, 2.45) is 5.92 Å². The number of hydrogen-bond acceptors (Lipinski definition) is 5. The summed E-state index contributed by atoms with van der Waals surface area (Å²) in [5, 5.41) is 3.35. The van der Waals surface area contributed by atoms with E-state index in [1.165, 1.54) is 16.7 Å². The zero-order valence-electron chi connectivity index (χ0n) is 17.8. The fourth-order valence-corrected chi connectivity index (χ4v) is 3.97. The molecule has 1 aromatic heterocycles. The maximum Gasteiger partial charge on any atom is 0.433 e. The Bertz CT molecular complexity index is 1020. The molecular weight excluding hydrogens is 415 g/mol. The third-order valence-electron chi connectivity index (χ3n) is 5.59. The van der Waals surface area contributed by atoms with Gasteiger partial charge in [0.25, 0.3) is 0 Å². The van der Waals surface area contributed by atoms with Gasteiger partial charge >= 0.3 is 6.18 Å². The predicted octanol–water partition coefficient (Wildman–Crippen LogP) is 4.07. The van der Waals surface area contributed by atoms with Crippen molar-refractivity contribution < 1.29 is 13.2 Å². The van der Waals surface area contributed by atoms with Crippen LogP contribution in [-0.4, -0.2) is 29.6 Å². The van der Waals surface area contributed by atoms with Gasteiger partial charge in [-0.05, 0) is 29.7 Å². The summed E-state index contributed by atoms with van der Waals surface area (Å²) < 4.78 is 38.8. The second-order valence-corrected chi connectivity index (χ2v) is 8.01. The van der Waals surface area contributed by atoms with E-state index >= 15 is 0 Å². The summed E-state index contributed by atoms with van der Waals surface area (Å²) >= 11 is 0. The molecule has 32 heavy (non-hydrogen) atoms. The molecule has 2 aromatic carbocycles. The maximum absolute atomic E-state index is 12.9. The number of hydrazine groups is 1. The fourth-order valence-electron chi connectivity index (χ4n) is 3.97. The zero-order chi connectivity index (χ0) is 22.6. The quantitative estimate of drug-likeness (QED) is 0.483. The van der Waals surface area contributed by atoms with Gasteiger partial charge in [0.05, 0.1) is 6.04 Å². The minimum Gasteiger partial charge on any atom is -0.316 e. The number of rotatable bonds is 7. The van der Waals surface area contributed by atoms with Gasteiger partial charge in [0, 0.05) is 37.7 Å². The smallest absolute Gasteiger partial charge is 0.316 e. The fraction of sp³-hybridized carbons (Fsp3) is 0.333. The number of halogens is 3. The highest BCUT2D eigenvalue weighted by Gasteiger charge is 2.33. The van der Waals surface area contributed by atoms with Crippen LogP contribution in [0, 0.1) is 12.8 Å². The highest BCUT2D eigenvalue weighted by molar-refractivity contribution is 5.63. The van der Waals surface area contributed by atoms with Crippen LogP contribution in [0.15, 0.2) is 60.7 Å². The van der Waals surface area contributed by atoms with Crippen molar-refractivity contribution in [3.63, 3.8) is 0 Å². The third kappa shape index (κ3) is 5.51. The van der Waals surface area contributed by atoms with Crippen LogP contribution in [0.2, 0.25) is 0 Å². The van der Waals surface area contributed by atoms with Crippen LogP contribution in [0.5, 0.6) is 0 Å². The normalized spacial score (nSPS) is 18.8. The Balaban J connectivity index is 1.32. The van der Waals surface area contributed by atoms with E-state index in [-0.39, 0.29) is 11.9 Å². The minimum atomic E-state index is -4.46. The topological polar surface area (TPSA) is 61.9 Å². The molecule has 1 aliphatic heterocycles. The summed E-state index contributed by atoms with van der Waals surface area (Å²) in [4.78, 5) is 7.81. The minimum absolute atomic E-state index is 0.152. The molecule has 4 rings (SSSR count). The van der Waals surface area contributed by atoms with Gasteiger partial charge in [0.2, 0.25) is 0 Å². The summed E-state index contributed by atoms with van der Waals surface area (Å²) in [6.07, 6.45) is -4.12.